The quantitative estimate of drug-likeness (QED) is 0.504. The molecule has 1 heterocycles. The fourth-order valence-electron chi connectivity index (χ4n) is 3.65. The van der Waals surface area contributed by atoms with Gasteiger partial charge in [0.25, 0.3) is 0 Å². The molecule has 1 amide bonds. The van der Waals surface area contributed by atoms with Gasteiger partial charge in [-0.3, -0.25) is 9.69 Å². The van der Waals surface area contributed by atoms with Gasteiger partial charge < -0.3 is 20.4 Å². The number of carbonyl (C=O) groups excluding carboxylic acids is 1. The number of hydrogen-bond acceptors (Lipinski definition) is 5. The van der Waals surface area contributed by atoms with Gasteiger partial charge in [-0.1, -0.05) is 49.2 Å². The summed E-state index contributed by atoms with van der Waals surface area (Å²) in [6, 6.07) is 5.75. The topological polar surface area (TPSA) is 110 Å². The van der Waals surface area contributed by atoms with Crippen LogP contribution >= 0.6 is 23.2 Å². The zero-order valence-electron chi connectivity index (χ0n) is 19.0. The van der Waals surface area contributed by atoms with Gasteiger partial charge in [-0.15, -0.1) is 0 Å². The van der Waals surface area contributed by atoms with Crippen molar-refractivity contribution in [3.63, 3.8) is 0 Å². The molecule has 180 valence electrons. The average Bonchev–Trinajstić information content (AvgIpc) is 2.70. The van der Waals surface area contributed by atoms with Crippen LogP contribution in [0.2, 0.25) is 10.0 Å². The Labute approximate surface area is 199 Å². The molecule has 1 saturated heterocycles. The second-order valence-electron chi connectivity index (χ2n) is 8.99. The van der Waals surface area contributed by atoms with Crippen molar-refractivity contribution in [3.8, 4) is 0 Å². The molecule has 1 fully saturated rings. The van der Waals surface area contributed by atoms with Crippen molar-refractivity contribution in [2.24, 2.45) is 11.3 Å². The molecule has 8 nitrogen and oxygen atoms in total. The van der Waals surface area contributed by atoms with E-state index >= 15 is 0 Å². The first-order valence-electron chi connectivity index (χ1n) is 10.4. The molecule has 0 unspecified atom stereocenters. The van der Waals surface area contributed by atoms with Gasteiger partial charge in [-0.05, 0) is 57.1 Å². The summed E-state index contributed by atoms with van der Waals surface area (Å²) >= 11 is 12.4. The summed E-state index contributed by atoms with van der Waals surface area (Å²) in [5.41, 5.74) is 1.12. The predicted molar refractivity (Wildman–Crippen MR) is 125 cm³/mol. The van der Waals surface area contributed by atoms with Gasteiger partial charge in [-0.25, -0.2) is 9.59 Å². The summed E-state index contributed by atoms with van der Waals surface area (Å²) in [7, 11) is 4.12. The number of amides is 1. The van der Waals surface area contributed by atoms with Crippen LogP contribution in [0.4, 0.5) is 0 Å². The molecule has 0 atom stereocenters. The fraction of sp³-hybridized carbons (Fsp3) is 0.591. The van der Waals surface area contributed by atoms with Crippen LogP contribution in [0.5, 0.6) is 0 Å². The highest BCUT2D eigenvalue weighted by atomic mass is 35.5. The molecule has 1 aliphatic rings. The van der Waals surface area contributed by atoms with Crippen molar-refractivity contribution in [2.75, 3.05) is 40.3 Å². The van der Waals surface area contributed by atoms with E-state index in [0.29, 0.717) is 16.6 Å². The molecule has 0 aliphatic carbocycles. The van der Waals surface area contributed by atoms with E-state index in [1.165, 1.54) is 0 Å². The Kier molecular flexibility index (Phi) is 11.4. The number of aliphatic carboxylic acids is 2. The number of carbonyl (C=O) groups is 3. The lowest BCUT2D eigenvalue weighted by molar-refractivity contribution is -0.159. The first-order chi connectivity index (χ1) is 14.8. The van der Waals surface area contributed by atoms with Crippen molar-refractivity contribution in [1.82, 2.24) is 15.1 Å². The Morgan fingerprint density at radius 2 is 1.69 bits per heavy atom. The predicted octanol–water partition coefficient (Wildman–Crippen LogP) is 3.07. The van der Waals surface area contributed by atoms with Crippen LogP contribution in [0, 0.1) is 11.3 Å². The summed E-state index contributed by atoms with van der Waals surface area (Å²) in [6.07, 6.45) is 1.77. The number of hydrogen-bond donors (Lipinski definition) is 3. The van der Waals surface area contributed by atoms with E-state index in [4.69, 9.17) is 43.0 Å². The van der Waals surface area contributed by atoms with Gasteiger partial charge in [0.2, 0.25) is 5.91 Å². The maximum atomic E-state index is 12.5. The first kappa shape index (κ1) is 28.2. The minimum absolute atomic E-state index is 0.0726. The van der Waals surface area contributed by atoms with E-state index in [-0.39, 0.29) is 17.2 Å². The van der Waals surface area contributed by atoms with Crippen LogP contribution in [0.25, 0.3) is 0 Å². The van der Waals surface area contributed by atoms with Gasteiger partial charge in [0.1, 0.15) is 0 Å². The molecule has 0 radical (unpaired) electrons. The third-order valence-electron chi connectivity index (χ3n) is 5.05. The molecular weight excluding hydrogens is 457 g/mol. The number of rotatable bonds is 7. The third kappa shape index (κ3) is 10.2. The van der Waals surface area contributed by atoms with Gasteiger partial charge in [-0.2, -0.15) is 0 Å². The van der Waals surface area contributed by atoms with Crippen LogP contribution in [0.3, 0.4) is 0 Å². The van der Waals surface area contributed by atoms with Crippen LogP contribution in [0.15, 0.2) is 18.2 Å². The van der Waals surface area contributed by atoms with Crippen LogP contribution < -0.4 is 5.32 Å². The number of halogens is 2. The van der Waals surface area contributed by atoms with Crippen molar-refractivity contribution >= 4 is 41.0 Å². The van der Waals surface area contributed by atoms with E-state index in [0.717, 1.165) is 44.6 Å². The van der Waals surface area contributed by atoms with Gasteiger partial charge in [0, 0.05) is 25.6 Å². The summed E-state index contributed by atoms with van der Waals surface area (Å²) in [5, 5.41) is 19.2. The number of carboxylic acid groups (broad SMARTS) is 2. The number of likely N-dealkylation sites (tertiary alicyclic amines) is 1. The standard InChI is InChI=1S/C20H31Cl2N3O.C2H2O4/c1-20(2,14-24(3)4)13-23-19(26)15-8-10-25(11-9-15)12-16-6-5-7-17(21)18(16)22;3-1(4)2(5)6/h5-7,15H,8-14H2,1-4H3,(H,23,26);(H,3,4)(H,5,6). The monoisotopic (exact) mass is 489 g/mol. The lowest BCUT2D eigenvalue weighted by Gasteiger charge is -2.33. The maximum absolute atomic E-state index is 12.5. The number of carboxylic acids is 2. The Morgan fingerprint density at radius 1 is 1.12 bits per heavy atom. The fourth-order valence-corrected chi connectivity index (χ4v) is 4.03. The van der Waals surface area contributed by atoms with Crippen LogP contribution in [-0.2, 0) is 20.9 Å². The van der Waals surface area contributed by atoms with Gasteiger partial charge in [0.05, 0.1) is 10.0 Å². The highest BCUT2D eigenvalue weighted by Gasteiger charge is 2.27. The Bertz CT molecular complexity index is 782. The molecule has 0 saturated carbocycles. The Hall–Kier alpha value is -1.87. The summed E-state index contributed by atoms with van der Waals surface area (Å²) in [4.78, 5) is 35.2. The average molecular weight is 490 g/mol. The summed E-state index contributed by atoms with van der Waals surface area (Å²) in [6.45, 7) is 8.62. The van der Waals surface area contributed by atoms with E-state index in [9.17, 15) is 4.79 Å². The highest BCUT2D eigenvalue weighted by molar-refractivity contribution is 6.42. The molecule has 32 heavy (non-hydrogen) atoms. The smallest absolute Gasteiger partial charge is 0.414 e. The minimum Gasteiger partial charge on any atom is -0.473 e. The molecule has 0 spiro atoms. The molecule has 10 heteroatoms. The summed E-state index contributed by atoms with van der Waals surface area (Å²) < 4.78 is 0. The van der Waals surface area contributed by atoms with Gasteiger partial charge in [0.15, 0.2) is 0 Å². The van der Waals surface area contributed by atoms with Crippen molar-refractivity contribution in [3.05, 3.63) is 33.8 Å². The van der Waals surface area contributed by atoms with Crippen LogP contribution in [0.1, 0.15) is 32.3 Å². The molecule has 3 N–H and O–H groups in total. The molecule has 0 aromatic heterocycles. The van der Waals surface area contributed by atoms with E-state index in [1.54, 1.807) is 0 Å². The molecule has 1 aromatic rings. The second kappa shape index (κ2) is 13.0. The Balaban J connectivity index is 0.000000751. The Morgan fingerprint density at radius 3 is 2.19 bits per heavy atom. The lowest BCUT2D eigenvalue weighted by Crippen LogP contribution is -2.44. The number of nitrogens with one attached hydrogen (secondary N) is 1. The SMILES string of the molecule is CN(C)CC(C)(C)CNC(=O)C1CCN(Cc2cccc(Cl)c2Cl)CC1.O=C(O)C(=O)O. The van der Waals surface area contributed by atoms with Crippen molar-refractivity contribution in [1.29, 1.82) is 0 Å². The zero-order chi connectivity index (χ0) is 24.5. The normalized spacial score (nSPS) is 15.1. The van der Waals surface area contributed by atoms with Crippen LogP contribution in [-0.4, -0.2) is 78.1 Å². The first-order valence-corrected chi connectivity index (χ1v) is 11.1. The van der Waals surface area contributed by atoms with Crippen molar-refractivity contribution in [2.45, 2.75) is 33.2 Å². The van der Waals surface area contributed by atoms with E-state index in [1.807, 2.05) is 18.2 Å². The van der Waals surface area contributed by atoms with Gasteiger partial charge >= 0.3 is 11.9 Å². The molecule has 1 aromatic carbocycles. The second-order valence-corrected chi connectivity index (χ2v) is 9.78. The molecule has 2 rings (SSSR count). The zero-order valence-corrected chi connectivity index (χ0v) is 20.5. The third-order valence-corrected chi connectivity index (χ3v) is 5.91. The van der Waals surface area contributed by atoms with E-state index < -0.39 is 11.9 Å². The highest BCUT2D eigenvalue weighted by Crippen LogP contribution is 2.28. The van der Waals surface area contributed by atoms with Crippen molar-refractivity contribution < 1.29 is 24.6 Å². The number of piperidine rings is 1. The maximum Gasteiger partial charge on any atom is 0.414 e. The molecule has 1 aliphatic heterocycles. The van der Waals surface area contributed by atoms with E-state index in [2.05, 4.69) is 43.1 Å². The number of benzene rings is 1. The largest absolute Gasteiger partial charge is 0.473 e. The minimum atomic E-state index is -1.82. The molecular formula is C22H33Cl2N3O5. The lowest BCUT2D eigenvalue weighted by atomic mass is 9.91. The summed E-state index contributed by atoms with van der Waals surface area (Å²) in [5.74, 6) is -3.35. The number of nitrogens with zero attached hydrogens (tertiary/aromatic N) is 2. The molecule has 0 bridgehead atoms.